The number of ketones is 1. The molecule has 5 rings (SSSR count). The maximum Gasteiger partial charge on any atom is 0.133 e. The van der Waals surface area contributed by atoms with Crippen LogP contribution >= 0.6 is 0 Å². The average Bonchev–Trinajstić information content (AvgIpc) is 3.05. The number of benzene rings is 1. The molecular formula is C27H38O. The number of fused-ring (bicyclic) bond motifs is 5. The standard InChI is InChI=1S/C27H38O/c1-18(28)23-11-12-24-22-10-9-21-17-20(19-7-5-4-6-8-19)13-15-26(21,2)25(22)14-16-27(23,24)3/h4-8,20-25H,9-17H2,1-3H3/t20-,21+,22?,23-,24?,25?,26+,27-/m1/s1. The molecule has 0 saturated heterocycles. The normalized spacial score (nSPS) is 47.7. The largest absolute Gasteiger partial charge is 0.300 e. The first-order valence-electron chi connectivity index (χ1n) is 12.0. The first kappa shape index (κ1) is 18.9. The zero-order valence-electron chi connectivity index (χ0n) is 18.1. The van der Waals surface area contributed by atoms with E-state index < -0.39 is 0 Å². The number of rotatable bonds is 2. The monoisotopic (exact) mass is 378 g/mol. The summed E-state index contributed by atoms with van der Waals surface area (Å²) in [4.78, 5) is 12.3. The van der Waals surface area contributed by atoms with Gasteiger partial charge in [0.15, 0.2) is 0 Å². The molecule has 4 aliphatic rings. The van der Waals surface area contributed by atoms with Crippen molar-refractivity contribution >= 4 is 5.78 Å². The van der Waals surface area contributed by atoms with Gasteiger partial charge >= 0.3 is 0 Å². The fourth-order valence-corrected chi connectivity index (χ4v) is 8.95. The minimum atomic E-state index is 0.303. The maximum atomic E-state index is 12.3. The molecule has 8 atom stereocenters. The van der Waals surface area contributed by atoms with Crippen LogP contribution in [0.3, 0.4) is 0 Å². The van der Waals surface area contributed by atoms with Crippen LogP contribution in [0.15, 0.2) is 30.3 Å². The van der Waals surface area contributed by atoms with Gasteiger partial charge in [0, 0.05) is 5.92 Å². The molecule has 4 aliphatic carbocycles. The molecule has 4 saturated carbocycles. The lowest BCUT2D eigenvalue weighted by atomic mass is 9.44. The van der Waals surface area contributed by atoms with Crippen LogP contribution in [0.5, 0.6) is 0 Å². The summed E-state index contributed by atoms with van der Waals surface area (Å²) < 4.78 is 0. The molecule has 0 radical (unpaired) electrons. The average molecular weight is 379 g/mol. The van der Waals surface area contributed by atoms with Crippen LogP contribution in [0.2, 0.25) is 0 Å². The Morgan fingerprint density at radius 1 is 0.857 bits per heavy atom. The third-order valence-electron chi connectivity index (χ3n) is 10.4. The summed E-state index contributed by atoms with van der Waals surface area (Å²) in [6, 6.07) is 11.3. The minimum absolute atomic E-state index is 0.303. The molecule has 0 heterocycles. The van der Waals surface area contributed by atoms with E-state index in [-0.39, 0.29) is 0 Å². The van der Waals surface area contributed by atoms with E-state index in [9.17, 15) is 4.79 Å². The van der Waals surface area contributed by atoms with Crippen molar-refractivity contribution < 1.29 is 4.79 Å². The number of carbonyl (C=O) groups excluding carboxylic acids is 1. The molecule has 3 unspecified atom stereocenters. The van der Waals surface area contributed by atoms with Gasteiger partial charge in [-0.25, -0.2) is 0 Å². The minimum Gasteiger partial charge on any atom is -0.300 e. The summed E-state index contributed by atoms with van der Waals surface area (Å²) in [5.41, 5.74) is 2.42. The summed E-state index contributed by atoms with van der Waals surface area (Å²) in [6.07, 6.45) is 12.2. The Morgan fingerprint density at radius 3 is 2.32 bits per heavy atom. The van der Waals surface area contributed by atoms with Crippen molar-refractivity contribution in [3.05, 3.63) is 35.9 Å². The lowest BCUT2D eigenvalue weighted by Gasteiger charge is -2.61. The van der Waals surface area contributed by atoms with Crippen LogP contribution in [0, 0.1) is 40.4 Å². The Bertz CT molecular complexity index is 738. The van der Waals surface area contributed by atoms with Crippen LogP contribution in [-0.2, 0) is 4.79 Å². The molecule has 1 aromatic carbocycles. The van der Waals surface area contributed by atoms with E-state index in [4.69, 9.17) is 0 Å². The van der Waals surface area contributed by atoms with Crippen molar-refractivity contribution in [2.75, 3.05) is 0 Å². The molecule has 4 fully saturated rings. The van der Waals surface area contributed by atoms with Crippen molar-refractivity contribution in [1.29, 1.82) is 0 Å². The summed E-state index contributed by atoms with van der Waals surface area (Å²) >= 11 is 0. The second-order valence-electron chi connectivity index (χ2n) is 11.3. The zero-order chi connectivity index (χ0) is 19.5. The highest BCUT2D eigenvalue weighted by molar-refractivity contribution is 5.79. The zero-order valence-corrected chi connectivity index (χ0v) is 18.1. The first-order valence-corrected chi connectivity index (χ1v) is 12.0. The van der Waals surface area contributed by atoms with E-state index in [1.807, 2.05) is 6.92 Å². The van der Waals surface area contributed by atoms with Crippen molar-refractivity contribution in [2.24, 2.45) is 40.4 Å². The van der Waals surface area contributed by atoms with Gasteiger partial charge in [0.2, 0.25) is 0 Å². The fraction of sp³-hybridized carbons (Fsp3) is 0.741. The second-order valence-corrected chi connectivity index (χ2v) is 11.3. The molecule has 0 N–H and O–H groups in total. The Labute approximate surface area is 171 Å². The van der Waals surface area contributed by atoms with Gasteiger partial charge < -0.3 is 0 Å². The van der Waals surface area contributed by atoms with Crippen molar-refractivity contribution in [2.45, 2.75) is 84.5 Å². The first-order chi connectivity index (χ1) is 13.4. The molecule has 0 bridgehead atoms. The lowest BCUT2D eigenvalue weighted by Crippen LogP contribution is -2.53. The van der Waals surface area contributed by atoms with Crippen LogP contribution < -0.4 is 0 Å². The number of hydrogen-bond acceptors (Lipinski definition) is 1. The van der Waals surface area contributed by atoms with Gasteiger partial charge in [-0.1, -0.05) is 44.2 Å². The Morgan fingerprint density at radius 2 is 1.57 bits per heavy atom. The van der Waals surface area contributed by atoms with Crippen LogP contribution in [0.25, 0.3) is 0 Å². The van der Waals surface area contributed by atoms with Crippen LogP contribution in [-0.4, -0.2) is 5.78 Å². The molecule has 152 valence electrons. The number of Topliss-reactive ketones (excluding diaryl/α,β-unsaturated/α-hetero) is 1. The summed E-state index contributed by atoms with van der Waals surface area (Å²) in [6.45, 7) is 7.00. The van der Waals surface area contributed by atoms with Crippen molar-refractivity contribution in [3.8, 4) is 0 Å². The van der Waals surface area contributed by atoms with Gasteiger partial charge in [0.25, 0.3) is 0 Å². The highest BCUT2D eigenvalue weighted by Gasteiger charge is 2.60. The number of hydrogen-bond donors (Lipinski definition) is 0. The predicted octanol–water partition coefficient (Wildman–Crippen LogP) is 7.02. The van der Waals surface area contributed by atoms with Gasteiger partial charge in [-0.3, -0.25) is 4.79 Å². The molecule has 0 amide bonds. The molecule has 1 nitrogen and oxygen atoms in total. The van der Waals surface area contributed by atoms with Crippen LogP contribution in [0.4, 0.5) is 0 Å². The smallest absolute Gasteiger partial charge is 0.133 e. The molecule has 0 aliphatic heterocycles. The van der Waals surface area contributed by atoms with Crippen LogP contribution in [0.1, 0.15) is 90.0 Å². The number of carbonyl (C=O) groups is 1. The summed E-state index contributed by atoms with van der Waals surface area (Å²) in [7, 11) is 0. The lowest BCUT2D eigenvalue weighted by molar-refractivity contribution is -0.134. The van der Waals surface area contributed by atoms with E-state index in [2.05, 4.69) is 44.2 Å². The molecule has 0 spiro atoms. The Hall–Kier alpha value is -1.11. The third kappa shape index (κ3) is 2.67. The highest BCUT2D eigenvalue weighted by atomic mass is 16.1. The molecular weight excluding hydrogens is 340 g/mol. The maximum absolute atomic E-state index is 12.3. The van der Waals surface area contributed by atoms with Gasteiger partial charge in [0.1, 0.15) is 5.78 Å². The molecule has 1 heteroatoms. The van der Waals surface area contributed by atoms with Crippen molar-refractivity contribution in [1.82, 2.24) is 0 Å². The SMILES string of the molecule is CC(=O)[C@H]1CCC2C3CC[C@H]4C[C@H](c5ccccc5)CC[C@]4(C)C3CC[C@@]21C. The molecule has 0 aromatic heterocycles. The quantitative estimate of drug-likeness (QED) is 0.540. The second kappa shape index (κ2) is 6.71. The van der Waals surface area contributed by atoms with Crippen molar-refractivity contribution in [3.63, 3.8) is 0 Å². The highest BCUT2D eigenvalue weighted by Crippen LogP contribution is 2.68. The Balaban J connectivity index is 1.37. The molecule has 1 aromatic rings. The van der Waals surface area contributed by atoms with E-state index in [1.54, 1.807) is 5.56 Å². The topological polar surface area (TPSA) is 17.1 Å². The van der Waals surface area contributed by atoms with E-state index in [0.29, 0.717) is 22.5 Å². The van der Waals surface area contributed by atoms with Gasteiger partial charge in [0.05, 0.1) is 0 Å². The molecule has 28 heavy (non-hydrogen) atoms. The van der Waals surface area contributed by atoms with Gasteiger partial charge in [-0.15, -0.1) is 0 Å². The fourth-order valence-electron chi connectivity index (χ4n) is 8.95. The van der Waals surface area contributed by atoms with Gasteiger partial charge in [-0.2, -0.15) is 0 Å². The summed E-state index contributed by atoms with van der Waals surface area (Å²) in [5.74, 6) is 5.10. The Kier molecular flexibility index (Phi) is 4.53. The van der Waals surface area contributed by atoms with E-state index in [1.165, 1.54) is 51.4 Å². The predicted molar refractivity (Wildman–Crippen MR) is 115 cm³/mol. The third-order valence-corrected chi connectivity index (χ3v) is 10.4. The van der Waals surface area contributed by atoms with E-state index in [0.717, 1.165) is 36.0 Å². The van der Waals surface area contributed by atoms with E-state index >= 15 is 0 Å². The van der Waals surface area contributed by atoms with Gasteiger partial charge in [-0.05, 0) is 111 Å². The summed E-state index contributed by atoms with van der Waals surface area (Å²) in [5, 5.41) is 0.